The van der Waals surface area contributed by atoms with Crippen LogP contribution < -0.4 is 5.32 Å². The summed E-state index contributed by atoms with van der Waals surface area (Å²) < 4.78 is 0. The van der Waals surface area contributed by atoms with E-state index in [1.165, 1.54) is 25.9 Å². The number of benzene rings is 1. The van der Waals surface area contributed by atoms with Crippen LogP contribution in [0.5, 0.6) is 0 Å². The molecule has 2 aromatic rings. The van der Waals surface area contributed by atoms with Gasteiger partial charge in [0.1, 0.15) is 5.15 Å². The molecule has 1 aromatic heterocycles. The normalized spacial score (nSPS) is 24.9. The third kappa shape index (κ3) is 4.40. The van der Waals surface area contributed by atoms with Gasteiger partial charge in [-0.05, 0) is 74.7 Å². The highest BCUT2D eigenvalue weighted by Crippen LogP contribution is 2.28. The molecule has 3 saturated heterocycles. The molecule has 1 aromatic carbocycles. The molecule has 1 amide bonds. The number of amides is 1. The smallest absolute Gasteiger partial charge is 0.251 e. The molecule has 0 spiro atoms. The van der Waals surface area contributed by atoms with E-state index in [9.17, 15) is 4.79 Å². The highest BCUT2D eigenvalue weighted by molar-refractivity contribution is 7.99. The summed E-state index contributed by atoms with van der Waals surface area (Å²) >= 11 is 7.42. The molecule has 4 heterocycles. The van der Waals surface area contributed by atoms with Crippen LogP contribution in [0.15, 0.2) is 52.4 Å². The summed E-state index contributed by atoms with van der Waals surface area (Å²) in [4.78, 5) is 21.3. The minimum absolute atomic E-state index is 0.0298. The van der Waals surface area contributed by atoms with Crippen molar-refractivity contribution in [2.24, 2.45) is 5.92 Å². The first-order valence-corrected chi connectivity index (χ1v) is 10.3. The molecule has 136 valence electrons. The number of pyridine rings is 1. The molecule has 5 rings (SSSR count). The summed E-state index contributed by atoms with van der Waals surface area (Å²) in [5.74, 6) is 0.799. The van der Waals surface area contributed by atoms with Crippen molar-refractivity contribution in [3.8, 4) is 0 Å². The molecule has 2 bridgehead atoms. The molecular weight excluding hydrogens is 366 g/mol. The molecule has 1 atom stereocenters. The summed E-state index contributed by atoms with van der Waals surface area (Å²) in [6, 6.07) is 11.7. The van der Waals surface area contributed by atoms with Crippen molar-refractivity contribution >= 4 is 29.3 Å². The van der Waals surface area contributed by atoms with Crippen molar-refractivity contribution in [2.45, 2.75) is 35.1 Å². The second kappa shape index (κ2) is 7.99. The summed E-state index contributed by atoms with van der Waals surface area (Å²) in [6.07, 6.45) is 5.42. The molecule has 6 heteroatoms. The van der Waals surface area contributed by atoms with Gasteiger partial charge in [-0.3, -0.25) is 4.79 Å². The van der Waals surface area contributed by atoms with Crippen LogP contribution in [0.25, 0.3) is 0 Å². The van der Waals surface area contributed by atoms with E-state index in [0.717, 1.165) is 34.2 Å². The van der Waals surface area contributed by atoms with Crippen molar-refractivity contribution in [1.82, 2.24) is 15.2 Å². The van der Waals surface area contributed by atoms with Gasteiger partial charge in [0.05, 0.1) is 0 Å². The van der Waals surface area contributed by atoms with E-state index in [4.69, 9.17) is 11.6 Å². The third-order valence-corrected chi connectivity index (χ3v) is 6.40. The Labute approximate surface area is 163 Å². The largest absolute Gasteiger partial charge is 0.348 e. The van der Waals surface area contributed by atoms with E-state index in [1.807, 2.05) is 30.3 Å². The van der Waals surface area contributed by atoms with Gasteiger partial charge in [-0.1, -0.05) is 23.4 Å². The lowest BCUT2D eigenvalue weighted by Gasteiger charge is -2.26. The molecule has 1 N–H and O–H groups in total. The van der Waals surface area contributed by atoms with Crippen molar-refractivity contribution in [2.75, 3.05) is 19.6 Å². The Bertz CT molecular complexity index is 744. The zero-order valence-corrected chi connectivity index (χ0v) is 16.1. The van der Waals surface area contributed by atoms with Crippen LogP contribution >= 0.6 is 23.4 Å². The lowest BCUT2D eigenvalue weighted by molar-refractivity contribution is 0.0928. The van der Waals surface area contributed by atoms with Crippen LogP contribution in [0.4, 0.5) is 0 Å². The molecule has 4 nitrogen and oxygen atoms in total. The maximum Gasteiger partial charge on any atom is 0.251 e. The number of nitrogens with zero attached hydrogens (tertiary/aromatic N) is 2. The van der Waals surface area contributed by atoms with E-state index < -0.39 is 0 Å². The monoisotopic (exact) mass is 387 g/mol. The van der Waals surface area contributed by atoms with E-state index in [0.29, 0.717) is 5.15 Å². The number of piperidine rings is 1. The van der Waals surface area contributed by atoms with Gasteiger partial charge >= 0.3 is 0 Å². The topological polar surface area (TPSA) is 45.2 Å². The molecule has 3 aliphatic rings. The summed E-state index contributed by atoms with van der Waals surface area (Å²) in [7, 11) is 0. The van der Waals surface area contributed by atoms with Gasteiger partial charge in [-0.25, -0.2) is 4.98 Å². The fourth-order valence-corrected chi connectivity index (χ4v) is 4.70. The van der Waals surface area contributed by atoms with Crippen molar-refractivity contribution in [3.05, 3.63) is 53.3 Å². The summed E-state index contributed by atoms with van der Waals surface area (Å²) in [6.45, 7) is 3.35. The van der Waals surface area contributed by atoms with Crippen molar-refractivity contribution < 1.29 is 4.79 Å². The van der Waals surface area contributed by atoms with Gasteiger partial charge < -0.3 is 10.2 Å². The zero-order chi connectivity index (χ0) is 17.9. The fraction of sp³-hybridized carbons (Fsp3) is 0.400. The SMILES string of the molecule is O=C(NC1CC2CCN(CC2)C1)c1ccc(Sc2ccc(Cl)nc2)cc1. The van der Waals surface area contributed by atoms with E-state index >= 15 is 0 Å². The first-order valence-electron chi connectivity index (χ1n) is 9.08. The first kappa shape index (κ1) is 17.8. The Balaban J connectivity index is 1.37. The number of halogens is 1. The average molecular weight is 388 g/mol. The van der Waals surface area contributed by atoms with Crippen LogP contribution in [-0.4, -0.2) is 41.5 Å². The minimum Gasteiger partial charge on any atom is -0.348 e. The standard InChI is InChI=1S/C20H22ClN3OS/c21-19-6-5-18(12-22-19)26-17-3-1-15(2-4-17)20(25)23-16-11-14-7-9-24(13-16)10-8-14/h1-6,12,14,16H,7-11,13H2,(H,23,25). The number of rotatable bonds is 4. The van der Waals surface area contributed by atoms with E-state index in [2.05, 4.69) is 15.2 Å². The molecule has 1 unspecified atom stereocenters. The Hall–Kier alpha value is -1.56. The van der Waals surface area contributed by atoms with Gasteiger partial charge in [0.15, 0.2) is 0 Å². The van der Waals surface area contributed by atoms with Gasteiger partial charge in [0.2, 0.25) is 0 Å². The molecular formula is C20H22ClN3OS. The quantitative estimate of drug-likeness (QED) is 0.802. The van der Waals surface area contributed by atoms with Crippen LogP contribution in [0.2, 0.25) is 5.15 Å². The Morgan fingerprint density at radius 1 is 1.12 bits per heavy atom. The molecule has 3 fully saturated rings. The Morgan fingerprint density at radius 2 is 1.85 bits per heavy atom. The lowest BCUT2D eigenvalue weighted by atomic mass is 9.94. The van der Waals surface area contributed by atoms with Crippen LogP contribution in [0.1, 0.15) is 29.6 Å². The molecule has 0 saturated carbocycles. The van der Waals surface area contributed by atoms with Crippen LogP contribution in [0.3, 0.4) is 0 Å². The number of nitrogens with one attached hydrogen (secondary N) is 1. The van der Waals surface area contributed by atoms with Crippen LogP contribution in [-0.2, 0) is 0 Å². The maximum atomic E-state index is 12.6. The average Bonchev–Trinajstić information content (AvgIpc) is 2.96. The number of fused-ring (bicyclic) bond motifs is 4. The number of hydrogen-bond acceptors (Lipinski definition) is 4. The Kier molecular flexibility index (Phi) is 5.48. The van der Waals surface area contributed by atoms with Crippen molar-refractivity contribution in [1.29, 1.82) is 0 Å². The van der Waals surface area contributed by atoms with Crippen LogP contribution in [0, 0.1) is 5.92 Å². The predicted molar refractivity (Wildman–Crippen MR) is 105 cm³/mol. The van der Waals surface area contributed by atoms with E-state index in [-0.39, 0.29) is 11.9 Å². The number of aromatic nitrogens is 1. The summed E-state index contributed by atoms with van der Waals surface area (Å²) in [5.41, 5.74) is 0.718. The highest BCUT2D eigenvalue weighted by atomic mass is 35.5. The van der Waals surface area contributed by atoms with Gasteiger partial charge in [-0.2, -0.15) is 0 Å². The van der Waals surface area contributed by atoms with Gasteiger partial charge in [0.25, 0.3) is 5.91 Å². The molecule has 0 aliphatic carbocycles. The zero-order valence-electron chi connectivity index (χ0n) is 14.5. The Morgan fingerprint density at radius 3 is 2.54 bits per heavy atom. The predicted octanol–water partition coefficient (Wildman–Crippen LogP) is 4.10. The fourth-order valence-electron chi connectivity index (χ4n) is 3.80. The summed E-state index contributed by atoms with van der Waals surface area (Å²) in [5, 5.41) is 3.73. The number of hydrogen-bond donors (Lipinski definition) is 1. The lowest BCUT2D eigenvalue weighted by Crippen LogP contribution is -2.41. The second-order valence-electron chi connectivity index (χ2n) is 7.09. The van der Waals surface area contributed by atoms with Gasteiger partial charge in [-0.15, -0.1) is 0 Å². The third-order valence-electron chi connectivity index (χ3n) is 5.19. The number of carbonyl (C=O) groups is 1. The molecule has 0 radical (unpaired) electrons. The number of carbonyl (C=O) groups excluding carboxylic acids is 1. The van der Waals surface area contributed by atoms with Crippen molar-refractivity contribution in [3.63, 3.8) is 0 Å². The minimum atomic E-state index is 0.0298. The first-order chi connectivity index (χ1) is 12.7. The maximum absolute atomic E-state index is 12.6. The molecule has 26 heavy (non-hydrogen) atoms. The second-order valence-corrected chi connectivity index (χ2v) is 8.63. The van der Waals surface area contributed by atoms with E-state index in [1.54, 1.807) is 24.0 Å². The molecule has 3 aliphatic heterocycles. The van der Waals surface area contributed by atoms with Gasteiger partial charge in [0, 0.05) is 34.1 Å². The highest BCUT2D eigenvalue weighted by Gasteiger charge is 2.29.